The Labute approximate surface area is 103 Å². The highest BCUT2D eigenvalue weighted by atomic mass is 35.5. The molecule has 0 aliphatic rings. The van der Waals surface area contributed by atoms with Crippen LogP contribution in [0.1, 0.15) is 15.9 Å². The molecule has 0 saturated carbocycles. The lowest BCUT2D eigenvalue weighted by Gasteiger charge is -2.03. The topological polar surface area (TPSA) is 30.0 Å². The highest BCUT2D eigenvalue weighted by molar-refractivity contribution is 6.34. The first-order chi connectivity index (χ1) is 8.16. The van der Waals surface area contributed by atoms with Crippen molar-refractivity contribution in [2.24, 2.45) is 0 Å². The molecule has 0 fully saturated rings. The zero-order valence-corrected chi connectivity index (χ0v) is 9.62. The Bertz CT molecular complexity index is 542. The summed E-state index contributed by atoms with van der Waals surface area (Å²) < 4.78 is 12.8. The molecule has 86 valence electrons. The largest absolute Gasteiger partial charge is 0.294 e. The average Bonchev–Trinajstić information content (AvgIpc) is 2.30. The maximum atomic E-state index is 12.8. The fourth-order valence-corrected chi connectivity index (χ4v) is 1.77. The number of rotatable bonds is 3. The van der Waals surface area contributed by atoms with Gasteiger partial charge in [0.25, 0.3) is 0 Å². The van der Waals surface area contributed by atoms with Crippen LogP contribution in [0.15, 0.2) is 42.7 Å². The zero-order chi connectivity index (χ0) is 12.3. The van der Waals surface area contributed by atoms with Gasteiger partial charge in [-0.05, 0) is 29.8 Å². The van der Waals surface area contributed by atoms with Crippen molar-refractivity contribution >= 4 is 17.4 Å². The van der Waals surface area contributed by atoms with Gasteiger partial charge in [0.1, 0.15) is 5.82 Å². The van der Waals surface area contributed by atoms with Crippen molar-refractivity contribution in [3.05, 3.63) is 64.7 Å². The summed E-state index contributed by atoms with van der Waals surface area (Å²) in [6.45, 7) is 0. The fraction of sp³-hybridized carbons (Fsp3) is 0.0769. The summed E-state index contributed by atoms with van der Waals surface area (Å²) in [5.74, 6) is -0.601. The van der Waals surface area contributed by atoms with Crippen molar-refractivity contribution in [3.8, 4) is 0 Å². The van der Waals surface area contributed by atoms with E-state index in [2.05, 4.69) is 4.98 Å². The maximum absolute atomic E-state index is 12.8. The molecule has 17 heavy (non-hydrogen) atoms. The summed E-state index contributed by atoms with van der Waals surface area (Å²) in [5.41, 5.74) is 1.13. The van der Waals surface area contributed by atoms with Gasteiger partial charge in [-0.15, -0.1) is 0 Å². The monoisotopic (exact) mass is 249 g/mol. The SMILES string of the molecule is O=C(Cc1cccnc1)c1ccc(F)cc1Cl. The molecular weight excluding hydrogens is 241 g/mol. The molecule has 0 atom stereocenters. The van der Waals surface area contributed by atoms with E-state index in [9.17, 15) is 9.18 Å². The standard InChI is InChI=1S/C13H9ClFNO/c14-12-7-10(15)3-4-11(12)13(17)6-9-2-1-5-16-8-9/h1-5,7-8H,6H2. The van der Waals surface area contributed by atoms with Gasteiger partial charge in [-0.2, -0.15) is 0 Å². The van der Waals surface area contributed by atoms with Crippen molar-refractivity contribution in [2.45, 2.75) is 6.42 Å². The number of nitrogens with zero attached hydrogens (tertiary/aromatic N) is 1. The Balaban J connectivity index is 2.21. The number of carbonyl (C=O) groups is 1. The van der Waals surface area contributed by atoms with Crippen LogP contribution in [0.3, 0.4) is 0 Å². The molecule has 1 aromatic carbocycles. The van der Waals surface area contributed by atoms with Crippen molar-refractivity contribution in [1.82, 2.24) is 4.98 Å². The van der Waals surface area contributed by atoms with Gasteiger partial charge in [-0.3, -0.25) is 9.78 Å². The first-order valence-corrected chi connectivity index (χ1v) is 5.42. The van der Waals surface area contributed by atoms with Crippen LogP contribution in [0.2, 0.25) is 5.02 Å². The van der Waals surface area contributed by atoms with Crippen molar-refractivity contribution in [2.75, 3.05) is 0 Å². The summed E-state index contributed by atoms with van der Waals surface area (Å²) in [7, 11) is 0. The molecule has 4 heteroatoms. The Morgan fingerprint density at radius 2 is 2.18 bits per heavy atom. The Morgan fingerprint density at radius 1 is 1.35 bits per heavy atom. The second kappa shape index (κ2) is 5.06. The van der Waals surface area contributed by atoms with E-state index in [0.29, 0.717) is 5.56 Å². The van der Waals surface area contributed by atoms with E-state index in [1.54, 1.807) is 18.5 Å². The number of benzene rings is 1. The lowest BCUT2D eigenvalue weighted by atomic mass is 10.0. The van der Waals surface area contributed by atoms with Gasteiger partial charge in [0.05, 0.1) is 5.02 Å². The third kappa shape index (κ3) is 2.88. The molecule has 0 spiro atoms. The first kappa shape index (κ1) is 11.7. The average molecular weight is 250 g/mol. The minimum atomic E-state index is -0.451. The molecule has 0 bridgehead atoms. The van der Waals surface area contributed by atoms with Crippen molar-refractivity contribution in [3.63, 3.8) is 0 Å². The molecule has 0 aliphatic carbocycles. The Morgan fingerprint density at radius 3 is 2.82 bits per heavy atom. The first-order valence-electron chi connectivity index (χ1n) is 5.04. The van der Waals surface area contributed by atoms with Crippen LogP contribution in [0.5, 0.6) is 0 Å². The van der Waals surface area contributed by atoms with Crippen LogP contribution < -0.4 is 0 Å². The van der Waals surface area contributed by atoms with Gasteiger partial charge >= 0.3 is 0 Å². The van der Waals surface area contributed by atoms with E-state index in [4.69, 9.17) is 11.6 Å². The molecule has 0 amide bonds. The molecule has 2 nitrogen and oxygen atoms in total. The predicted octanol–water partition coefficient (Wildman–Crippen LogP) is 3.30. The van der Waals surface area contributed by atoms with E-state index >= 15 is 0 Å². The molecule has 0 N–H and O–H groups in total. The maximum Gasteiger partial charge on any atom is 0.168 e. The summed E-state index contributed by atoms with van der Waals surface area (Å²) in [6.07, 6.45) is 3.47. The number of pyridine rings is 1. The van der Waals surface area contributed by atoms with Crippen LogP contribution in [0.25, 0.3) is 0 Å². The number of hydrogen-bond donors (Lipinski definition) is 0. The quantitative estimate of drug-likeness (QED) is 0.782. The van der Waals surface area contributed by atoms with Crippen LogP contribution in [-0.4, -0.2) is 10.8 Å². The summed E-state index contributed by atoms with van der Waals surface area (Å²) in [5, 5.41) is 0.138. The summed E-state index contributed by atoms with van der Waals surface area (Å²) >= 11 is 5.81. The molecule has 0 saturated heterocycles. The minimum Gasteiger partial charge on any atom is -0.294 e. The second-order valence-corrected chi connectivity index (χ2v) is 3.99. The van der Waals surface area contributed by atoms with Crippen LogP contribution in [0.4, 0.5) is 4.39 Å². The zero-order valence-electron chi connectivity index (χ0n) is 8.86. The molecule has 1 aromatic heterocycles. The van der Waals surface area contributed by atoms with Gasteiger partial charge in [0.15, 0.2) is 5.78 Å². The number of ketones is 1. The lowest BCUT2D eigenvalue weighted by molar-refractivity contribution is 0.0993. The smallest absolute Gasteiger partial charge is 0.168 e. The summed E-state index contributed by atoms with van der Waals surface area (Å²) in [6, 6.07) is 7.33. The Hall–Kier alpha value is -1.74. The van der Waals surface area contributed by atoms with E-state index < -0.39 is 5.82 Å². The van der Waals surface area contributed by atoms with Gasteiger partial charge in [0.2, 0.25) is 0 Å². The van der Waals surface area contributed by atoms with Gasteiger partial charge < -0.3 is 0 Å². The predicted molar refractivity (Wildman–Crippen MR) is 63.7 cm³/mol. The Kier molecular flexibility index (Phi) is 3.49. The third-order valence-electron chi connectivity index (χ3n) is 2.32. The molecule has 0 aliphatic heterocycles. The number of hydrogen-bond acceptors (Lipinski definition) is 2. The summed E-state index contributed by atoms with van der Waals surface area (Å²) in [4.78, 5) is 15.8. The van der Waals surface area contributed by atoms with E-state index in [1.807, 2.05) is 6.07 Å². The molecular formula is C13H9ClFNO. The molecule has 1 heterocycles. The molecule has 0 unspecified atom stereocenters. The van der Waals surface area contributed by atoms with Crippen LogP contribution in [0, 0.1) is 5.82 Å². The van der Waals surface area contributed by atoms with E-state index in [1.165, 1.54) is 12.1 Å². The van der Waals surface area contributed by atoms with Gasteiger partial charge in [0, 0.05) is 24.4 Å². The van der Waals surface area contributed by atoms with Crippen LogP contribution >= 0.6 is 11.6 Å². The molecule has 0 radical (unpaired) electrons. The van der Waals surface area contributed by atoms with Gasteiger partial charge in [-0.1, -0.05) is 17.7 Å². The number of aromatic nitrogens is 1. The molecule has 2 rings (SSSR count). The minimum absolute atomic E-state index is 0.138. The van der Waals surface area contributed by atoms with E-state index in [-0.39, 0.29) is 17.2 Å². The number of carbonyl (C=O) groups excluding carboxylic acids is 1. The van der Waals surface area contributed by atoms with Crippen molar-refractivity contribution in [1.29, 1.82) is 0 Å². The highest BCUT2D eigenvalue weighted by Crippen LogP contribution is 2.19. The van der Waals surface area contributed by atoms with Crippen molar-refractivity contribution < 1.29 is 9.18 Å². The number of Topliss-reactive ketones (excluding diaryl/α,β-unsaturated/α-hetero) is 1. The second-order valence-electron chi connectivity index (χ2n) is 3.59. The van der Waals surface area contributed by atoms with Crippen LogP contribution in [-0.2, 0) is 6.42 Å². The van der Waals surface area contributed by atoms with Gasteiger partial charge in [-0.25, -0.2) is 4.39 Å². The molecule has 2 aromatic rings. The third-order valence-corrected chi connectivity index (χ3v) is 2.63. The number of halogens is 2. The fourth-order valence-electron chi connectivity index (χ4n) is 1.50. The highest BCUT2D eigenvalue weighted by Gasteiger charge is 2.11. The lowest BCUT2D eigenvalue weighted by Crippen LogP contribution is -2.04. The normalized spacial score (nSPS) is 10.2. The van der Waals surface area contributed by atoms with E-state index in [0.717, 1.165) is 11.6 Å².